The molecule has 0 spiro atoms. The molecule has 302 valence electrons. The first-order chi connectivity index (χ1) is 26.3. The number of nitrogens with one attached hydrogen (secondary N) is 4. The van der Waals surface area contributed by atoms with Crippen LogP contribution < -0.4 is 44.2 Å². The molecule has 0 bridgehead atoms. The van der Waals surface area contributed by atoms with Crippen LogP contribution >= 0.6 is 23.2 Å². The first-order valence-corrected chi connectivity index (χ1v) is 18.1. The second kappa shape index (κ2) is 20.7. The van der Waals surface area contributed by atoms with E-state index in [0.717, 1.165) is 0 Å². The van der Waals surface area contributed by atoms with E-state index in [2.05, 4.69) is 36.3 Å². The standard InChI is InChI=1S/C35H45Cl2FN12O6/c1-17(2)13-25(32(54)48-26(16-28(39)51)33(55)46-24(29(40)52)14-19-6-9-21(38)10-7-19)47-31(53)23(5-4-12-43-35(41)42)45-34(56)30-44-18(3)50(49-30)27-11-8-20(36)15-22(27)37/h6-11,15,17,23-26H,4-5,12-14,16H2,1-3H3,(H2,39,51)(H2,40,52)(H,45,56)(H,46,55)(H,47,53)(H,48,54)(H4,41,42,43)/t23-,24-,25-,26-/m0/s1. The van der Waals surface area contributed by atoms with Gasteiger partial charge in [-0.15, -0.1) is 5.10 Å². The van der Waals surface area contributed by atoms with Gasteiger partial charge in [0.05, 0.1) is 17.1 Å². The number of primary amides is 2. The lowest BCUT2D eigenvalue weighted by atomic mass is 10.0. The number of amides is 6. The number of carbonyl (C=O) groups excluding carboxylic acids is 6. The molecule has 21 heteroatoms. The molecule has 56 heavy (non-hydrogen) atoms. The number of nitrogens with zero attached hydrogens (tertiary/aromatic N) is 4. The van der Waals surface area contributed by atoms with Crippen LogP contribution in [0.5, 0.6) is 0 Å². The average Bonchev–Trinajstić information content (AvgIpc) is 3.49. The molecule has 0 aliphatic heterocycles. The number of aliphatic imine (C=N–C) groups is 1. The van der Waals surface area contributed by atoms with Crippen LogP contribution in [0.25, 0.3) is 5.69 Å². The highest BCUT2D eigenvalue weighted by molar-refractivity contribution is 6.35. The van der Waals surface area contributed by atoms with Crippen molar-refractivity contribution in [2.45, 2.75) is 77.0 Å². The van der Waals surface area contributed by atoms with E-state index in [1.165, 1.54) is 35.0 Å². The Labute approximate surface area is 331 Å². The number of nitrogens with two attached hydrogens (primary N) is 4. The number of benzene rings is 2. The molecular weight excluding hydrogens is 774 g/mol. The minimum Gasteiger partial charge on any atom is -0.370 e. The predicted molar refractivity (Wildman–Crippen MR) is 206 cm³/mol. The summed E-state index contributed by atoms with van der Waals surface area (Å²) >= 11 is 12.3. The molecule has 1 aromatic heterocycles. The molecule has 4 atom stereocenters. The summed E-state index contributed by atoms with van der Waals surface area (Å²) < 4.78 is 14.7. The Morgan fingerprint density at radius 3 is 2.04 bits per heavy atom. The van der Waals surface area contributed by atoms with Gasteiger partial charge in [-0.25, -0.2) is 14.1 Å². The largest absolute Gasteiger partial charge is 0.370 e. The lowest BCUT2D eigenvalue weighted by Crippen LogP contribution is -2.59. The average molecular weight is 820 g/mol. The fraction of sp³-hybridized carbons (Fsp3) is 0.400. The van der Waals surface area contributed by atoms with Crippen molar-refractivity contribution in [1.29, 1.82) is 0 Å². The number of halogens is 3. The van der Waals surface area contributed by atoms with E-state index in [9.17, 15) is 33.2 Å². The first-order valence-electron chi connectivity index (χ1n) is 17.3. The quantitative estimate of drug-likeness (QED) is 0.0438. The van der Waals surface area contributed by atoms with E-state index in [1.807, 2.05) is 0 Å². The smallest absolute Gasteiger partial charge is 0.291 e. The normalized spacial score (nSPS) is 13.1. The minimum absolute atomic E-state index is 0.00232. The molecule has 0 saturated heterocycles. The summed E-state index contributed by atoms with van der Waals surface area (Å²) in [5, 5.41) is 15.0. The van der Waals surface area contributed by atoms with Crippen LogP contribution in [0, 0.1) is 18.7 Å². The molecule has 0 fully saturated rings. The third-order valence-electron chi connectivity index (χ3n) is 8.07. The van der Waals surface area contributed by atoms with E-state index in [-0.39, 0.29) is 55.0 Å². The van der Waals surface area contributed by atoms with Crippen molar-refractivity contribution in [3.05, 3.63) is 75.5 Å². The van der Waals surface area contributed by atoms with Gasteiger partial charge >= 0.3 is 0 Å². The lowest BCUT2D eigenvalue weighted by Gasteiger charge is -2.26. The summed E-state index contributed by atoms with van der Waals surface area (Å²) in [7, 11) is 0. The fourth-order valence-corrected chi connectivity index (χ4v) is 5.86. The van der Waals surface area contributed by atoms with E-state index in [4.69, 9.17) is 46.1 Å². The van der Waals surface area contributed by atoms with Gasteiger partial charge in [-0.2, -0.15) is 0 Å². The molecule has 2 aromatic carbocycles. The van der Waals surface area contributed by atoms with E-state index in [1.54, 1.807) is 32.9 Å². The van der Waals surface area contributed by atoms with Gasteiger partial charge in [0.25, 0.3) is 5.91 Å². The molecule has 0 aliphatic carbocycles. The first kappa shape index (κ1) is 44.6. The topological polar surface area (TPSA) is 298 Å². The number of rotatable bonds is 20. The molecule has 0 aliphatic rings. The monoisotopic (exact) mass is 818 g/mol. The van der Waals surface area contributed by atoms with E-state index in [0.29, 0.717) is 22.1 Å². The SMILES string of the molecule is Cc1nc(C(=O)N[C@@H](CCCN=C(N)N)C(=O)N[C@@H](CC(C)C)C(=O)N[C@@H](CC(N)=O)C(=O)N[C@@H](Cc2ccc(F)cc2)C(N)=O)nn1-c1ccc(Cl)cc1Cl. The Hall–Kier alpha value is -5.82. The highest BCUT2D eigenvalue weighted by atomic mass is 35.5. The van der Waals surface area contributed by atoms with Gasteiger partial charge in [0.1, 0.15) is 35.8 Å². The van der Waals surface area contributed by atoms with Gasteiger partial charge in [0.15, 0.2) is 5.96 Å². The van der Waals surface area contributed by atoms with Gasteiger partial charge < -0.3 is 44.2 Å². The number of guanidine groups is 1. The number of hydrogen-bond donors (Lipinski definition) is 8. The third-order valence-corrected chi connectivity index (χ3v) is 8.61. The molecule has 0 saturated carbocycles. The third kappa shape index (κ3) is 13.8. The second-order valence-electron chi connectivity index (χ2n) is 13.2. The van der Waals surface area contributed by atoms with Crippen molar-refractivity contribution in [3.63, 3.8) is 0 Å². The van der Waals surface area contributed by atoms with Crippen molar-refractivity contribution in [2.24, 2.45) is 33.8 Å². The van der Waals surface area contributed by atoms with Crippen molar-refractivity contribution < 1.29 is 33.2 Å². The van der Waals surface area contributed by atoms with Crippen LogP contribution in [0.2, 0.25) is 10.0 Å². The van der Waals surface area contributed by atoms with Gasteiger partial charge in [0, 0.05) is 18.0 Å². The highest BCUT2D eigenvalue weighted by Crippen LogP contribution is 2.24. The zero-order chi connectivity index (χ0) is 41.7. The van der Waals surface area contributed by atoms with Gasteiger partial charge in [0.2, 0.25) is 35.4 Å². The molecule has 18 nitrogen and oxygen atoms in total. The van der Waals surface area contributed by atoms with Crippen molar-refractivity contribution in [1.82, 2.24) is 36.0 Å². The Kier molecular flexibility index (Phi) is 16.5. The number of aromatic nitrogens is 3. The fourth-order valence-electron chi connectivity index (χ4n) is 5.37. The van der Waals surface area contributed by atoms with Crippen LogP contribution in [0.15, 0.2) is 47.5 Å². The van der Waals surface area contributed by atoms with Crippen molar-refractivity contribution in [2.75, 3.05) is 6.54 Å². The van der Waals surface area contributed by atoms with E-state index < -0.39 is 71.8 Å². The summed E-state index contributed by atoms with van der Waals surface area (Å²) in [4.78, 5) is 86.7. The Morgan fingerprint density at radius 2 is 1.45 bits per heavy atom. The number of hydrogen-bond acceptors (Lipinski definition) is 9. The zero-order valence-electron chi connectivity index (χ0n) is 30.9. The molecule has 3 aromatic rings. The summed E-state index contributed by atoms with van der Waals surface area (Å²) in [5.74, 6) is -6.22. The maximum absolute atomic E-state index is 13.8. The summed E-state index contributed by atoms with van der Waals surface area (Å²) in [6.45, 7) is 5.25. The van der Waals surface area contributed by atoms with Gasteiger partial charge in [-0.05, 0) is 68.0 Å². The van der Waals surface area contributed by atoms with Crippen LogP contribution in [0.1, 0.15) is 61.5 Å². The maximum atomic E-state index is 13.8. The summed E-state index contributed by atoms with van der Waals surface area (Å²) in [6, 6.07) is 4.36. The van der Waals surface area contributed by atoms with E-state index >= 15 is 0 Å². The zero-order valence-corrected chi connectivity index (χ0v) is 32.4. The Bertz CT molecular complexity index is 1940. The summed E-state index contributed by atoms with van der Waals surface area (Å²) in [5.41, 5.74) is 22.6. The molecule has 6 amide bonds. The minimum atomic E-state index is -1.59. The van der Waals surface area contributed by atoms with Gasteiger partial charge in [-0.3, -0.25) is 33.8 Å². The van der Waals surface area contributed by atoms with Crippen LogP contribution in [0.3, 0.4) is 0 Å². The predicted octanol–water partition coefficient (Wildman–Crippen LogP) is 0.278. The van der Waals surface area contributed by atoms with Crippen molar-refractivity contribution >= 4 is 64.6 Å². The summed E-state index contributed by atoms with van der Waals surface area (Å²) in [6.07, 6.45) is -0.518. The molecule has 0 radical (unpaired) electrons. The molecule has 3 rings (SSSR count). The Balaban J connectivity index is 1.83. The maximum Gasteiger partial charge on any atom is 0.291 e. The number of aryl methyl sites for hydroxylation is 1. The van der Waals surface area contributed by atoms with Crippen LogP contribution in [-0.2, 0) is 30.4 Å². The van der Waals surface area contributed by atoms with Crippen LogP contribution in [0.4, 0.5) is 4.39 Å². The van der Waals surface area contributed by atoms with Crippen molar-refractivity contribution in [3.8, 4) is 5.69 Å². The Morgan fingerprint density at radius 1 is 0.839 bits per heavy atom. The molecule has 1 heterocycles. The second-order valence-corrected chi connectivity index (χ2v) is 14.0. The molecular formula is C35H45Cl2FN12O6. The van der Waals surface area contributed by atoms with Gasteiger partial charge in [-0.1, -0.05) is 49.2 Å². The molecule has 0 unspecified atom stereocenters. The highest BCUT2D eigenvalue weighted by Gasteiger charge is 2.33. The number of carbonyl (C=O) groups is 6. The molecule has 12 N–H and O–H groups in total. The van der Waals surface area contributed by atoms with Crippen LogP contribution in [-0.4, -0.2) is 86.9 Å². The lowest BCUT2D eigenvalue weighted by molar-refractivity contribution is -0.135.